The fraction of sp³-hybridized carbons (Fsp3) is 0.211. The van der Waals surface area contributed by atoms with E-state index in [9.17, 15) is 4.79 Å². The third-order valence-corrected chi connectivity index (χ3v) is 5.32. The molecule has 126 valence electrons. The van der Waals surface area contributed by atoms with Crippen LogP contribution in [0.1, 0.15) is 18.4 Å². The number of anilines is 1. The van der Waals surface area contributed by atoms with E-state index in [1.165, 1.54) is 18.6 Å². The summed E-state index contributed by atoms with van der Waals surface area (Å²) in [7, 11) is 1.45. The van der Waals surface area contributed by atoms with Gasteiger partial charge in [0.1, 0.15) is 10.7 Å². The van der Waals surface area contributed by atoms with Gasteiger partial charge in [-0.05, 0) is 29.5 Å². The fourth-order valence-corrected chi connectivity index (χ4v) is 3.59. The van der Waals surface area contributed by atoms with Gasteiger partial charge in [0, 0.05) is 17.1 Å². The van der Waals surface area contributed by atoms with Crippen molar-refractivity contribution in [2.45, 2.75) is 18.3 Å². The summed E-state index contributed by atoms with van der Waals surface area (Å²) in [6.45, 7) is 0. The van der Waals surface area contributed by atoms with Gasteiger partial charge in [-0.1, -0.05) is 53.0 Å². The molecule has 3 aromatic rings. The molecule has 5 nitrogen and oxygen atoms in total. The number of hydrogen-bond acceptors (Lipinski definition) is 6. The Balaban J connectivity index is 1.59. The van der Waals surface area contributed by atoms with Crippen LogP contribution >= 0.6 is 11.5 Å². The van der Waals surface area contributed by atoms with Crippen molar-refractivity contribution in [3.8, 4) is 22.4 Å². The van der Waals surface area contributed by atoms with E-state index in [0.29, 0.717) is 5.00 Å². The molecule has 0 radical (unpaired) electrons. The third-order valence-electron chi connectivity index (χ3n) is 4.77. The summed E-state index contributed by atoms with van der Waals surface area (Å²) in [5, 5.41) is 4.68. The minimum absolute atomic E-state index is 0.140. The summed E-state index contributed by atoms with van der Waals surface area (Å²) in [5.74, 6) is -0.140. The first-order valence-electron chi connectivity index (χ1n) is 8.02. The van der Waals surface area contributed by atoms with Crippen molar-refractivity contribution in [1.29, 1.82) is 0 Å². The first-order chi connectivity index (χ1) is 12.1. The highest BCUT2D eigenvalue weighted by atomic mass is 32.1. The number of carbonyl (C=O) groups excluding carboxylic acids is 1. The van der Waals surface area contributed by atoms with Crippen LogP contribution in [0, 0.1) is 0 Å². The van der Waals surface area contributed by atoms with Gasteiger partial charge < -0.3 is 10.5 Å². The van der Waals surface area contributed by atoms with Crippen LogP contribution in [0.5, 0.6) is 0 Å². The molecule has 0 atom stereocenters. The summed E-state index contributed by atoms with van der Waals surface area (Å²) < 4.78 is 8.81. The van der Waals surface area contributed by atoms with Crippen LogP contribution in [0.4, 0.5) is 5.00 Å². The molecule has 6 heteroatoms. The standard InChI is InChI=1S/C19H17N3O2S/c1-24-18(23)19(10-11-19)15-8-6-13(7-9-15)12-2-4-14(5-3-12)16-17(20)25-22-21-16/h2-9H,10-11,20H2,1H3. The van der Waals surface area contributed by atoms with E-state index < -0.39 is 5.41 Å². The Morgan fingerprint density at radius 3 is 2.08 bits per heavy atom. The van der Waals surface area contributed by atoms with Crippen molar-refractivity contribution in [2.24, 2.45) is 0 Å². The number of rotatable bonds is 4. The van der Waals surface area contributed by atoms with E-state index in [-0.39, 0.29) is 5.97 Å². The fourth-order valence-electron chi connectivity index (χ4n) is 3.13. The van der Waals surface area contributed by atoms with Crippen molar-refractivity contribution in [1.82, 2.24) is 9.59 Å². The lowest BCUT2D eigenvalue weighted by molar-refractivity contribution is -0.143. The van der Waals surface area contributed by atoms with Gasteiger partial charge in [-0.3, -0.25) is 4.79 Å². The van der Waals surface area contributed by atoms with Crippen LogP contribution in [0.3, 0.4) is 0 Å². The van der Waals surface area contributed by atoms with Crippen LogP contribution in [-0.4, -0.2) is 22.7 Å². The van der Waals surface area contributed by atoms with Gasteiger partial charge in [0.05, 0.1) is 12.5 Å². The molecule has 1 heterocycles. The predicted octanol–water partition coefficient (Wildman–Crippen LogP) is 3.66. The molecule has 1 aliphatic carbocycles. The van der Waals surface area contributed by atoms with Gasteiger partial charge in [0.15, 0.2) is 0 Å². The monoisotopic (exact) mass is 351 g/mol. The van der Waals surface area contributed by atoms with E-state index in [2.05, 4.69) is 9.59 Å². The third kappa shape index (κ3) is 2.68. The van der Waals surface area contributed by atoms with Crippen molar-refractivity contribution >= 4 is 22.5 Å². The maximum atomic E-state index is 12.0. The maximum Gasteiger partial charge on any atom is 0.316 e. The number of hydrogen-bond donors (Lipinski definition) is 1. The second-order valence-electron chi connectivity index (χ2n) is 6.21. The molecule has 0 aliphatic heterocycles. The van der Waals surface area contributed by atoms with Crippen molar-refractivity contribution < 1.29 is 9.53 Å². The van der Waals surface area contributed by atoms with E-state index >= 15 is 0 Å². The number of nitrogen functional groups attached to an aromatic ring is 1. The highest BCUT2D eigenvalue weighted by Crippen LogP contribution is 2.49. The zero-order valence-corrected chi connectivity index (χ0v) is 14.5. The van der Waals surface area contributed by atoms with E-state index in [4.69, 9.17) is 10.5 Å². The van der Waals surface area contributed by atoms with Gasteiger partial charge in [-0.2, -0.15) is 0 Å². The van der Waals surface area contributed by atoms with Crippen LogP contribution in [0.2, 0.25) is 0 Å². The molecule has 0 amide bonds. The molecule has 0 spiro atoms. The Morgan fingerprint density at radius 2 is 1.60 bits per heavy atom. The lowest BCUT2D eigenvalue weighted by Gasteiger charge is -2.13. The molecule has 1 saturated carbocycles. The minimum Gasteiger partial charge on any atom is -0.468 e. The molecule has 1 aliphatic rings. The molecule has 2 aromatic carbocycles. The molecule has 0 unspecified atom stereocenters. The average Bonchev–Trinajstić information content (AvgIpc) is 3.37. The lowest BCUT2D eigenvalue weighted by Crippen LogP contribution is -2.21. The molecule has 2 N–H and O–H groups in total. The molecule has 0 bridgehead atoms. The predicted molar refractivity (Wildman–Crippen MR) is 98.1 cm³/mol. The molecule has 0 saturated heterocycles. The Morgan fingerprint density at radius 1 is 1.04 bits per heavy atom. The van der Waals surface area contributed by atoms with Gasteiger partial charge in [0.2, 0.25) is 0 Å². The summed E-state index contributed by atoms with van der Waals surface area (Å²) in [4.78, 5) is 12.0. The summed E-state index contributed by atoms with van der Waals surface area (Å²) in [6.07, 6.45) is 1.72. The van der Waals surface area contributed by atoms with E-state index in [1.807, 2.05) is 48.5 Å². The zero-order chi connectivity index (χ0) is 17.4. The molecular formula is C19H17N3O2S. The van der Waals surface area contributed by atoms with Crippen LogP contribution in [0.25, 0.3) is 22.4 Å². The molecule has 25 heavy (non-hydrogen) atoms. The van der Waals surface area contributed by atoms with Crippen molar-refractivity contribution in [2.75, 3.05) is 12.8 Å². The SMILES string of the molecule is COC(=O)C1(c2ccc(-c3ccc(-c4nnsc4N)cc3)cc2)CC1. The summed E-state index contributed by atoms with van der Waals surface area (Å²) in [5.41, 5.74) is 10.4. The van der Waals surface area contributed by atoms with Crippen molar-refractivity contribution in [3.05, 3.63) is 54.1 Å². The van der Waals surface area contributed by atoms with Crippen LogP contribution in [-0.2, 0) is 14.9 Å². The highest BCUT2D eigenvalue weighted by molar-refractivity contribution is 7.10. The van der Waals surface area contributed by atoms with E-state index in [0.717, 1.165) is 40.8 Å². The number of esters is 1. The number of nitrogens with zero attached hydrogens (tertiary/aromatic N) is 2. The Bertz CT molecular complexity index is 913. The quantitative estimate of drug-likeness (QED) is 0.726. The van der Waals surface area contributed by atoms with Gasteiger partial charge >= 0.3 is 5.97 Å². The molecule has 1 aromatic heterocycles. The average molecular weight is 351 g/mol. The normalized spacial score (nSPS) is 14.9. The number of benzene rings is 2. The number of aromatic nitrogens is 2. The number of carbonyl (C=O) groups is 1. The largest absolute Gasteiger partial charge is 0.468 e. The lowest BCUT2D eigenvalue weighted by atomic mass is 9.93. The zero-order valence-electron chi connectivity index (χ0n) is 13.7. The second kappa shape index (κ2) is 5.97. The first-order valence-corrected chi connectivity index (χ1v) is 8.79. The summed E-state index contributed by atoms with van der Waals surface area (Å²) in [6, 6.07) is 16.2. The first kappa shape index (κ1) is 15.8. The number of ether oxygens (including phenoxy) is 1. The Hall–Kier alpha value is -2.73. The van der Waals surface area contributed by atoms with Gasteiger partial charge in [0.25, 0.3) is 0 Å². The number of nitrogens with two attached hydrogens (primary N) is 1. The maximum absolute atomic E-state index is 12.0. The van der Waals surface area contributed by atoms with Crippen LogP contribution in [0.15, 0.2) is 48.5 Å². The smallest absolute Gasteiger partial charge is 0.316 e. The Kier molecular flexibility index (Phi) is 3.77. The topological polar surface area (TPSA) is 78.1 Å². The molecule has 4 rings (SSSR count). The van der Waals surface area contributed by atoms with E-state index in [1.54, 1.807) is 0 Å². The highest BCUT2D eigenvalue weighted by Gasteiger charge is 2.52. The van der Waals surface area contributed by atoms with Crippen LogP contribution < -0.4 is 5.73 Å². The summed E-state index contributed by atoms with van der Waals surface area (Å²) >= 11 is 1.19. The van der Waals surface area contributed by atoms with Gasteiger partial charge in [-0.25, -0.2) is 0 Å². The van der Waals surface area contributed by atoms with Crippen molar-refractivity contribution in [3.63, 3.8) is 0 Å². The minimum atomic E-state index is -0.424. The Labute approximate surface area is 149 Å². The van der Waals surface area contributed by atoms with Gasteiger partial charge in [-0.15, -0.1) is 5.10 Å². The number of methoxy groups -OCH3 is 1. The second-order valence-corrected chi connectivity index (χ2v) is 7.00. The molecular weight excluding hydrogens is 334 g/mol. The molecule has 1 fully saturated rings.